The van der Waals surface area contributed by atoms with Gasteiger partial charge in [-0.3, -0.25) is 0 Å². The molecule has 0 aromatic heterocycles. The zero-order valence-corrected chi connectivity index (χ0v) is 10.8. The van der Waals surface area contributed by atoms with Gasteiger partial charge in [-0.15, -0.1) is 0 Å². The average molecular weight is 286 g/mol. The summed E-state index contributed by atoms with van der Waals surface area (Å²) in [6, 6.07) is 9.29. The van der Waals surface area contributed by atoms with Crippen molar-refractivity contribution in [1.29, 1.82) is 0 Å². The second kappa shape index (κ2) is 5.57. The maximum Gasteiger partial charge on any atom is 0.142 e. The van der Waals surface area contributed by atoms with Gasteiger partial charge < -0.3 is 10.5 Å². The lowest BCUT2D eigenvalue weighted by Gasteiger charge is -2.10. The third-order valence-corrected chi connectivity index (χ3v) is 2.89. The second-order valence-electron chi connectivity index (χ2n) is 3.63. The first-order valence-electron chi connectivity index (χ1n) is 5.21. The molecule has 2 rings (SSSR count). The van der Waals surface area contributed by atoms with Gasteiger partial charge in [0.25, 0.3) is 0 Å². The van der Waals surface area contributed by atoms with Crippen molar-refractivity contribution >= 4 is 23.2 Å². The minimum Gasteiger partial charge on any atom is -0.457 e. The van der Waals surface area contributed by atoms with E-state index in [0.717, 1.165) is 5.56 Å². The fraction of sp³-hybridized carbons (Fsp3) is 0.0769. The third kappa shape index (κ3) is 2.93. The first-order valence-corrected chi connectivity index (χ1v) is 5.97. The summed E-state index contributed by atoms with van der Waals surface area (Å²) < 4.78 is 18.6. The molecule has 0 saturated carbocycles. The Hall–Kier alpha value is -1.29. The number of nitrogens with two attached hydrogens (primary N) is 1. The highest BCUT2D eigenvalue weighted by Crippen LogP contribution is 2.30. The van der Waals surface area contributed by atoms with Crippen LogP contribution in [0.2, 0.25) is 10.0 Å². The molecule has 0 fully saturated rings. The first-order chi connectivity index (χ1) is 8.60. The van der Waals surface area contributed by atoms with E-state index in [2.05, 4.69) is 0 Å². The van der Waals surface area contributed by atoms with Gasteiger partial charge in [0.2, 0.25) is 0 Å². The maximum absolute atomic E-state index is 13.0. The predicted octanol–water partition coefficient (Wildman–Crippen LogP) is 4.38. The topological polar surface area (TPSA) is 35.2 Å². The van der Waals surface area contributed by atoms with Crippen molar-refractivity contribution < 1.29 is 9.13 Å². The van der Waals surface area contributed by atoms with Crippen LogP contribution in [0, 0.1) is 5.82 Å². The highest BCUT2D eigenvalue weighted by atomic mass is 35.5. The highest BCUT2D eigenvalue weighted by molar-refractivity contribution is 6.31. The summed E-state index contributed by atoms with van der Waals surface area (Å²) in [5, 5.41) is 0.541. The van der Waals surface area contributed by atoms with Crippen LogP contribution in [-0.4, -0.2) is 0 Å². The van der Waals surface area contributed by atoms with E-state index in [1.807, 2.05) is 0 Å². The van der Waals surface area contributed by atoms with E-state index in [1.54, 1.807) is 18.2 Å². The van der Waals surface area contributed by atoms with Gasteiger partial charge in [-0.2, -0.15) is 0 Å². The summed E-state index contributed by atoms with van der Waals surface area (Å²) >= 11 is 11.6. The van der Waals surface area contributed by atoms with Gasteiger partial charge in [0, 0.05) is 23.2 Å². The minimum absolute atomic E-state index is 0.00354. The van der Waals surface area contributed by atoms with E-state index in [1.165, 1.54) is 18.2 Å². The number of hydrogen-bond acceptors (Lipinski definition) is 2. The van der Waals surface area contributed by atoms with Crippen LogP contribution in [0.1, 0.15) is 5.56 Å². The smallest absolute Gasteiger partial charge is 0.142 e. The van der Waals surface area contributed by atoms with Gasteiger partial charge in [0.1, 0.15) is 17.3 Å². The molecule has 0 radical (unpaired) electrons. The van der Waals surface area contributed by atoms with Gasteiger partial charge >= 0.3 is 0 Å². The SMILES string of the molecule is NCc1ccc(Cl)cc1Oc1ccc(F)c(Cl)c1. The van der Waals surface area contributed by atoms with E-state index in [-0.39, 0.29) is 5.02 Å². The van der Waals surface area contributed by atoms with Gasteiger partial charge in [-0.25, -0.2) is 4.39 Å². The van der Waals surface area contributed by atoms with Crippen LogP contribution in [0.5, 0.6) is 11.5 Å². The molecule has 18 heavy (non-hydrogen) atoms. The molecule has 0 aliphatic carbocycles. The van der Waals surface area contributed by atoms with E-state index >= 15 is 0 Å². The van der Waals surface area contributed by atoms with Crippen molar-refractivity contribution in [3.63, 3.8) is 0 Å². The summed E-state index contributed by atoms with van der Waals surface area (Å²) in [6.07, 6.45) is 0. The van der Waals surface area contributed by atoms with Gasteiger partial charge in [-0.05, 0) is 24.3 Å². The van der Waals surface area contributed by atoms with Crippen molar-refractivity contribution in [3.8, 4) is 11.5 Å². The summed E-state index contributed by atoms with van der Waals surface area (Å²) in [7, 11) is 0. The normalized spacial score (nSPS) is 10.4. The summed E-state index contributed by atoms with van der Waals surface area (Å²) in [5.74, 6) is 0.472. The van der Waals surface area contributed by atoms with Crippen LogP contribution >= 0.6 is 23.2 Å². The molecule has 94 valence electrons. The largest absolute Gasteiger partial charge is 0.457 e. The van der Waals surface area contributed by atoms with Gasteiger partial charge in [-0.1, -0.05) is 29.3 Å². The van der Waals surface area contributed by atoms with E-state index in [4.69, 9.17) is 33.7 Å². The van der Waals surface area contributed by atoms with E-state index in [9.17, 15) is 4.39 Å². The molecule has 0 saturated heterocycles. The Bertz CT molecular complexity index is 575. The molecule has 2 N–H and O–H groups in total. The minimum atomic E-state index is -0.492. The molecule has 0 unspecified atom stereocenters. The lowest BCUT2D eigenvalue weighted by Crippen LogP contribution is -1.99. The first kappa shape index (κ1) is 13.1. The molecular formula is C13H10Cl2FNO. The Morgan fingerprint density at radius 1 is 1.11 bits per heavy atom. The maximum atomic E-state index is 13.0. The summed E-state index contributed by atoms with van der Waals surface area (Å²) in [5.41, 5.74) is 6.40. The molecule has 0 heterocycles. The second-order valence-corrected chi connectivity index (χ2v) is 4.48. The van der Waals surface area contributed by atoms with E-state index in [0.29, 0.717) is 23.1 Å². The van der Waals surface area contributed by atoms with Gasteiger partial charge in [0.15, 0.2) is 0 Å². The molecule has 0 aliphatic rings. The Balaban J connectivity index is 2.33. The lowest BCUT2D eigenvalue weighted by atomic mass is 10.2. The van der Waals surface area contributed by atoms with E-state index < -0.39 is 5.82 Å². The zero-order chi connectivity index (χ0) is 13.1. The van der Waals surface area contributed by atoms with Crippen LogP contribution in [0.3, 0.4) is 0 Å². The standard InChI is InChI=1S/C13H10Cl2FNO/c14-9-2-1-8(7-17)13(5-9)18-10-3-4-12(16)11(15)6-10/h1-6H,7,17H2. The van der Waals surface area contributed by atoms with Crippen LogP contribution in [0.15, 0.2) is 36.4 Å². The molecule has 0 aliphatic heterocycles. The van der Waals surface area contributed by atoms with Crippen molar-refractivity contribution in [1.82, 2.24) is 0 Å². The number of rotatable bonds is 3. The Morgan fingerprint density at radius 3 is 2.56 bits per heavy atom. The van der Waals surface area contributed by atoms with Crippen molar-refractivity contribution in [2.24, 2.45) is 5.73 Å². The Labute approximate surface area is 114 Å². The molecule has 2 aromatic rings. The molecule has 0 atom stereocenters. The quantitative estimate of drug-likeness (QED) is 0.908. The van der Waals surface area contributed by atoms with Crippen LogP contribution in [-0.2, 0) is 6.54 Å². The molecule has 5 heteroatoms. The molecule has 2 nitrogen and oxygen atoms in total. The van der Waals surface area contributed by atoms with Crippen LogP contribution in [0.4, 0.5) is 4.39 Å². The van der Waals surface area contributed by atoms with Crippen molar-refractivity contribution in [3.05, 3.63) is 57.8 Å². The zero-order valence-electron chi connectivity index (χ0n) is 9.29. The average Bonchev–Trinajstić information content (AvgIpc) is 2.34. The van der Waals surface area contributed by atoms with Crippen molar-refractivity contribution in [2.75, 3.05) is 0 Å². The van der Waals surface area contributed by atoms with Crippen LogP contribution in [0.25, 0.3) is 0 Å². The summed E-state index contributed by atoms with van der Waals surface area (Å²) in [4.78, 5) is 0. The monoisotopic (exact) mass is 285 g/mol. The van der Waals surface area contributed by atoms with Crippen molar-refractivity contribution in [2.45, 2.75) is 6.54 Å². The number of hydrogen-bond donors (Lipinski definition) is 1. The lowest BCUT2D eigenvalue weighted by molar-refractivity contribution is 0.474. The number of halogens is 3. The molecular weight excluding hydrogens is 276 g/mol. The molecule has 2 aromatic carbocycles. The van der Waals surface area contributed by atoms with Crippen LogP contribution < -0.4 is 10.5 Å². The fourth-order valence-corrected chi connectivity index (χ4v) is 1.79. The number of ether oxygens (including phenoxy) is 1. The molecule has 0 amide bonds. The summed E-state index contributed by atoms with van der Waals surface area (Å²) in [6.45, 7) is 0.321. The molecule has 0 bridgehead atoms. The highest BCUT2D eigenvalue weighted by Gasteiger charge is 2.07. The Kier molecular flexibility index (Phi) is 4.07. The fourth-order valence-electron chi connectivity index (χ4n) is 1.46. The third-order valence-electron chi connectivity index (χ3n) is 2.37. The van der Waals surface area contributed by atoms with Gasteiger partial charge in [0.05, 0.1) is 5.02 Å². The molecule has 0 spiro atoms. The Morgan fingerprint density at radius 2 is 1.89 bits per heavy atom. The predicted molar refractivity (Wildman–Crippen MR) is 70.8 cm³/mol. The number of benzene rings is 2.